The highest BCUT2D eigenvalue weighted by Gasteiger charge is 2.29. The highest BCUT2D eigenvalue weighted by molar-refractivity contribution is 7.13. The van der Waals surface area contributed by atoms with E-state index in [1.165, 1.54) is 6.07 Å². The predicted octanol–water partition coefficient (Wildman–Crippen LogP) is 5.78. The summed E-state index contributed by atoms with van der Waals surface area (Å²) in [5.41, 5.74) is 6.12. The third-order valence-electron chi connectivity index (χ3n) is 6.31. The number of hydrogen-bond donors (Lipinski definition) is 3. The van der Waals surface area contributed by atoms with E-state index in [4.69, 9.17) is 0 Å². The first-order chi connectivity index (χ1) is 17.6. The molecule has 176 valence electrons. The molecule has 0 bridgehead atoms. The fraction of sp³-hybridized carbons (Fsp3) is 0.115. The second-order valence-electron chi connectivity index (χ2n) is 8.83. The molecule has 3 N–H and O–H groups in total. The molecule has 6 heterocycles. The quantitative estimate of drug-likeness (QED) is 0.281. The lowest BCUT2D eigenvalue weighted by molar-refractivity contribution is -0.117. The fourth-order valence-corrected chi connectivity index (χ4v) is 5.08. The molecule has 36 heavy (non-hydrogen) atoms. The molecular formula is C26H18FN7OS. The number of hydrogen-bond acceptors (Lipinski definition) is 6. The fourth-order valence-electron chi connectivity index (χ4n) is 4.34. The van der Waals surface area contributed by atoms with Crippen LogP contribution in [0.2, 0.25) is 0 Å². The van der Waals surface area contributed by atoms with E-state index in [-0.39, 0.29) is 17.0 Å². The largest absolute Gasteiger partial charge is 0.353 e. The van der Waals surface area contributed by atoms with Crippen molar-refractivity contribution in [1.82, 2.24) is 30.1 Å². The van der Waals surface area contributed by atoms with E-state index in [9.17, 15) is 9.18 Å². The summed E-state index contributed by atoms with van der Waals surface area (Å²) in [5, 5.41) is 11.9. The zero-order chi connectivity index (χ0) is 24.2. The molecule has 1 amide bonds. The van der Waals surface area contributed by atoms with Gasteiger partial charge >= 0.3 is 0 Å². The Hall–Kier alpha value is -4.44. The standard InChI is InChI=1S/C26H18FN7OS/c27-22-4-3-21(36-22)24-17-9-20(32-19(17)5-6-29-24)23-18-8-15(11-30-25(18)34-33-23)14-7-16(12-28-10-14)31-26(35)13-1-2-13/h3-13,32H,1-2H2,(H,31,35)(H,30,33,34). The summed E-state index contributed by atoms with van der Waals surface area (Å²) in [7, 11) is 0. The molecule has 0 spiro atoms. The van der Waals surface area contributed by atoms with Gasteiger partial charge in [0.1, 0.15) is 5.69 Å². The first-order valence-electron chi connectivity index (χ1n) is 11.5. The number of nitrogens with zero attached hydrogens (tertiary/aromatic N) is 4. The van der Waals surface area contributed by atoms with Crippen molar-refractivity contribution in [3.05, 3.63) is 66.3 Å². The number of fused-ring (bicyclic) bond motifs is 2. The highest BCUT2D eigenvalue weighted by atomic mass is 32.1. The summed E-state index contributed by atoms with van der Waals surface area (Å²) in [6.45, 7) is 0. The normalized spacial score (nSPS) is 13.5. The van der Waals surface area contributed by atoms with Crippen LogP contribution >= 0.6 is 11.3 Å². The molecule has 1 aliphatic rings. The maximum Gasteiger partial charge on any atom is 0.227 e. The maximum absolute atomic E-state index is 13.7. The van der Waals surface area contributed by atoms with Gasteiger partial charge in [-0.05, 0) is 49.2 Å². The number of rotatable bonds is 5. The van der Waals surface area contributed by atoms with Gasteiger partial charge in [0.25, 0.3) is 0 Å². The van der Waals surface area contributed by atoms with E-state index >= 15 is 0 Å². The SMILES string of the molecule is O=C(Nc1cncc(-c2cnc3[nH]nc(-c4cc5c(-c6ccc(F)s6)nccc5[nH]4)c3c2)c1)C1CC1. The molecule has 1 saturated carbocycles. The highest BCUT2D eigenvalue weighted by Crippen LogP contribution is 2.36. The molecule has 7 rings (SSSR count). The molecule has 6 aromatic rings. The lowest BCUT2D eigenvalue weighted by atomic mass is 10.1. The van der Waals surface area contributed by atoms with E-state index in [1.807, 2.05) is 24.3 Å². The van der Waals surface area contributed by atoms with E-state index in [2.05, 4.69) is 35.5 Å². The molecule has 0 radical (unpaired) electrons. The number of nitrogens with one attached hydrogen (secondary N) is 3. The van der Waals surface area contributed by atoms with Crippen LogP contribution in [0.15, 0.2) is 61.2 Å². The Labute approximate surface area is 207 Å². The molecule has 0 aromatic carbocycles. The van der Waals surface area contributed by atoms with Crippen molar-refractivity contribution in [3.8, 4) is 33.1 Å². The van der Waals surface area contributed by atoms with E-state index in [0.717, 1.165) is 67.9 Å². The average Bonchev–Trinajstić information content (AvgIpc) is 3.30. The van der Waals surface area contributed by atoms with Gasteiger partial charge in [-0.25, -0.2) is 4.98 Å². The van der Waals surface area contributed by atoms with Gasteiger partial charge in [-0.2, -0.15) is 9.49 Å². The molecule has 10 heteroatoms. The molecular weight excluding hydrogens is 477 g/mol. The van der Waals surface area contributed by atoms with Crippen LogP contribution in [0.4, 0.5) is 10.1 Å². The number of amides is 1. The van der Waals surface area contributed by atoms with Crippen molar-refractivity contribution in [2.45, 2.75) is 12.8 Å². The minimum atomic E-state index is -0.248. The van der Waals surface area contributed by atoms with Gasteiger partial charge in [0.15, 0.2) is 10.8 Å². The molecule has 0 atom stereocenters. The Balaban J connectivity index is 1.28. The number of carbonyl (C=O) groups excluding carboxylic acids is 1. The molecule has 0 unspecified atom stereocenters. The maximum atomic E-state index is 13.7. The van der Waals surface area contributed by atoms with Crippen LogP contribution in [0.5, 0.6) is 0 Å². The number of H-pyrrole nitrogens is 2. The summed E-state index contributed by atoms with van der Waals surface area (Å²) < 4.78 is 13.7. The lowest BCUT2D eigenvalue weighted by Crippen LogP contribution is -2.13. The summed E-state index contributed by atoms with van der Waals surface area (Å²) in [6, 6.07) is 11.0. The summed E-state index contributed by atoms with van der Waals surface area (Å²) >= 11 is 1.07. The summed E-state index contributed by atoms with van der Waals surface area (Å²) in [4.78, 5) is 29.7. The van der Waals surface area contributed by atoms with Crippen LogP contribution < -0.4 is 5.32 Å². The monoisotopic (exact) mass is 495 g/mol. The smallest absolute Gasteiger partial charge is 0.227 e. The number of thiophene rings is 1. The molecule has 8 nitrogen and oxygen atoms in total. The minimum absolute atomic E-state index is 0.0394. The topological polar surface area (TPSA) is 112 Å². The van der Waals surface area contributed by atoms with Gasteiger partial charge in [0, 0.05) is 51.9 Å². The molecule has 1 aliphatic carbocycles. The van der Waals surface area contributed by atoms with Gasteiger partial charge in [-0.15, -0.1) is 11.3 Å². The number of anilines is 1. The van der Waals surface area contributed by atoms with E-state index in [0.29, 0.717) is 17.0 Å². The number of pyridine rings is 3. The van der Waals surface area contributed by atoms with Gasteiger partial charge in [0.2, 0.25) is 5.91 Å². The van der Waals surface area contributed by atoms with Crippen molar-refractivity contribution < 1.29 is 9.18 Å². The first-order valence-corrected chi connectivity index (χ1v) is 12.3. The number of aromatic amines is 2. The van der Waals surface area contributed by atoms with Gasteiger partial charge < -0.3 is 10.3 Å². The predicted molar refractivity (Wildman–Crippen MR) is 137 cm³/mol. The Bertz CT molecular complexity index is 1780. The van der Waals surface area contributed by atoms with Gasteiger partial charge in [0.05, 0.1) is 28.1 Å². The molecule has 0 aliphatic heterocycles. The van der Waals surface area contributed by atoms with E-state index in [1.54, 1.807) is 30.9 Å². The van der Waals surface area contributed by atoms with Crippen LogP contribution in [0, 0.1) is 11.0 Å². The Morgan fingerprint density at radius 1 is 1.00 bits per heavy atom. The van der Waals surface area contributed by atoms with Crippen molar-refractivity contribution in [3.63, 3.8) is 0 Å². The Morgan fingerprint density at radius 2 is 1.89 bits per heavy atom. The molecule has 1 fully saturated rings. The lowest BCUT2D eigenvalue weighted by Gasteiger charge is -2.07. The third kappa shape index (κ3) is 3.62. The molecule has 0 saturated heterocycles. The number of carbonyl (C=O) groups is 1. The van der Waals surface area contributed by atoms with Crippen LogP contribution in [-0.2, 0) is 4.79 Å². The van der Waals surface area contributed by atoms with Crippen molar-refractivity contribution in [2.24, 2.45) is 5.92 Å². The third-order valence-corrected chi connectivity index (χ3v) is 7.19. The van der Waals surface area contributed by atoms with Crippen LogP contribution in [0.1, 0.15) is 12.8 Å². The first kappa shape index (κ1) is 20.9. The number of halogens is 1. The van der Waals surface area contributed by atoms with Crippen molar-refractivity contribution in [2.75, 3.05) is 5.32 Å². The van der Waals surface area contributed by atoms with Crippen LogP contribution in [0.25, 0.3) is 55.0 Å². The second kappa shape index (κ2) is 8.06. The summed E-state index contributed by atoms with van der Waals surface area (Å²) in [6.07, 6.45) is 8.74. The van der Waals surface area contributed by atoms with Gasteiger partial charge in [-0.1, -0.05) is 0 Å². The van der Waals surface area contributed by atoms with Crippen LogP contribution in [0.3, 0.4) is 0 Å². The second-order valence-corrected chi connectivity index (χ2v) is 9.86. The van der Waals surface area contributed by atoms with Gasteiger partial charge in [-0.3, -0.25) is 19.9 Å². The van der Waals surface area contributed by atoms with E-state index < -0.39 is 0 Å². The zero-order valence-electron chi connectivity index (χ0n) is 18.7. The zero-order valence-corrected chi connectivity index (χ0v) is 19.6. The summed E-state index contributed by atoms with van der Waals surface area (Å²) in [5.74, 6) is 0.156. The average molecular weight is 496 g/mol. The van der Waals surface area contributed by atoms with Crippen LogP contribution in [-0.4, -0.2) is 36.0 Å². The Kier molecular flexibility index (Phi) is 4.68. The number of aromatic nitrogens is 6. The van der Waals surface area contributed by atoms with Crippen molar-refractivity contribution in [1.29, 1.82) is 0 Å². The minimum Gasteiger partial charge on any atom is -0.353 e. The Morgan fingerprint density at radius 3 is 2.72 bits per heavy atom. The molecule has 6 aromatic heterocycles. The van der Waals surface area contributed by atoms with Crippen molar-refractivity contribution >= 4 is 44.9 Å².